The fourth-order valence-corrected chi connectivity index (χ4v) is 22.9. The zero-order valence-electron chi connectivity index (χ0n) is 60.3. The Morgan fingerprint density at radius 3 is 1.94 bits per heavy atom. The van der Waals surface area contributed by atoms with Crippen molar-refractivity contribution in [3.05, 3.63) is 125 Å². The molecule has 93 heavy (non-hydrogen) atoms. The van der Waals surface area contributed by atoms with Crippen molar-refractivity contribution in [1.82, 2.24) is 0 Å². The lowest BCUT2D eigenvalue weighted by Crippen LogP contribution is -2.68. The van der Waals surface area contributed by atoms with Crippen molar-refractivity contribution >= 4 is 33.0 Å². The van der Waals surface area contributed by atoms with E-state index >= 15 is 0 Å². The van der Waals surface area contributed by atoms with Crippen LogP contribution >= 0.6 is 0 Å². The minimum atomic E-state index is -2.84. The van der Waals surface area contributed by atoms with Crippen LogP contribution in [0.1, 0.15) is 168 Å². The second-order valence-electron chi connectivity index (χ2n) is 29.1. The number of carbonyl (C=O) groups excluding carboxylic acids is 1. The number of benzene rings is 3. The molecule has 1 aliphatic carbocycles. The lowest BCUT2D eigenvalue weighted by molar-refractivity contribution is -0.429. The number of aliphatic hydroxyl groups excluding tert-OH is 1. The second kappa shape index (κ2) is 33.4. The number of hydrogen-bond donors (Lipinski definition) is 1. The molecule has 3 aromatic carbocycles. The monoisotopic (exact) mass is 1330 g/mol. The molecular weight excluding hydrogens is 1210 g/mol. The number of allylic oxidation sites excluding steroid dienone is 3. The maximum absolute atomic E-state index is 13.0. The Labute approximate surface area is 561 Å². The van der Waals surface area contributed by atoms with Crippen LogP contribution < -0.4 is 15.1 Å². The molecule has 0 bridgehead atoms. The number of carbonyl (C=O) groups is 1. The molecule has 4 aliphatic rings. The van der Waals surface area contributed by atoms with E-state index in [1.807, 2.05) is 52.1 Å². The number of rotatable bonds is 32. The highest BCUT2D eigenvalue weighted by Crippen LogP contribution is 2.49. The number of hydrogen-bond acceptors (Lipinski definition) is 15. The molecule has 3 fully saturated rings. The summed E-state index contributed by atoms with van der Waals surface area (Å²) in [6.07, 6.45) is 7.16. The molecule has 17 heteroatoms. The lowest BCUT2D eigenvalue weighted by Gasteiger charge is -2.55. The zero-order valence-corrected chi connectivity index (χ0v) is 62.3. The van der Waals surface area contributed by atoms with Gasteiger partial charge in [0, 0.05) is 59.4 Å². The van der Waals surface area contributed by atoms with Gasteiger partial charge in [0.05, 0.1) is 69.7 Å². The van der Waals surface area contributed by atoms with Gasteiger partial charge < -0.3 is 66.1 Å². The smallest absolute Gasteiger partial charge is 0.377 e. The van der Waals surface area contributed by atoms with E-state index in [1.165, 1.54) is 15.9 Å². The first kappa shape index (κ1) is 76.2. The summed E-state index contributed by atoms with van der Waals surface area (Å²) in [6.45, 7) is 35.1. The molecule has 3 aliphatic heterocycles. The molecule has 0 aromatic heterocycles. The Bertz CT molecular complexity index is 2840. The van der Waals surface area contributed by atoms with Crippen LogP contribution in [0.2, 0.25) is 23.2 Å². The minimum Gasteiger partial charge on any atom is -0.497 e. The molecule has 3 aromatic rings. The Kier molecular flexibility index (Phi) is 27.3. The largest absolute Gasteiger partial charge is 0.497 e. The Morgan fingerprint density at radius 2 is 1.38 bits per heavy atom. The SMILES string of the molecule is CCOC(=O)C1=C([C@H](C)C[C@H](OC)[C@H](O)[C@H](C[C@@H](C)C/C(C)=C/[C@H]2C[C@@H](OCc3ccc(OC)cc3)CO[C@@]23C[C@@H]([C@@H](C)[C@H](O[Si](CC)(CC)CC)/C(C)=C/[C@@H]2CC[C@@H](O[Si](c4ccccc4)(c4ccccc4)C(C)(C)C)[C@H](OC)C2)OC(C)(C)O3)OC)OC(C)(C)O1. The molecule has 3 heterocycles. The van der Waals surface area contributed by atoms with Crippen LogP contribution in [0.25, 0.3) is 0 Å². The third-order valence-electron chi connectivity index (χ3n) is 20.3. The molecule has 2 saturated heterocycles. The number of methoxy groups -OCH3 is 4. The van der Waals surface area contributed by atoms with E-state index in [1.54, 1.807) is 42.1 Å². The molecule has 1 saturated carbocycles. The highest BCUT2D eigenvalue weighted by molar-refractivity contribution is 6.99. The van der Waals surface area contributed by atoms with Gasteiger partial charge in [0.25, 0.3) is 8.32 Å². The molecule has 15 nitrogen and oxygen atoms in total. The van der Waals surface area contributed by atoms with Gasteiger partial charge in [-0.2, -0.15) is 0 Å². The van der Waals surface area contributed by atoms with Crippen molar-refractivity contribution in [2.75, 3.05) is 41.7 Å². The molecule has 14 atom stereocenters. The molecule has 0 radical (unpaired) electrons. The van der Waals surface area contributed by atoms with Crippen LogP contribution in [0.5, 0.6) is 5.75 Å². The van der Waals surface area contributed by atoms with E-state index < -0.39 is 58.3 Å². The summed E-state index contributed by atoms with van der Waals surface area (Å²) in [6, 6.07) is 32.9. The van der Waals surface area contributed by atoms with Crippen LogP contribution in [0.15, 0.2) is 120 Å². The quantitative estimate of drug-likeness (QED) is 0.0357. The van der Waals surface area contributed by atoms with Crippen molar-refractivity contribution in [3.8, 4) is 5.75 Å². The summed E-state index contributed by atoms with van der Waals surface area (Å²) in [4.78, 5) is 13.0. The van der Waals surface area contributed by atoms with Crippen LogP contribution in [0.4, 0.5) is 0 Å². The number of esters is 1. The lowest BCUT2D eigenvalue weighted by atomic mass is 9.78. The normalized spacial score (nSPS) is 26.1. The molecular formula is C76H118O15Si2. The summed E-state index contributed by atoms with van der Waals surface area (Å²) in [5, 5.41) is 14.4. The van der Waals surface area contributed by atoms with E-state index in [0.717, 1.165) is 60.7 Å². The summed E-state index contributed by atoms with van der Waals surface area (Å²) < 4.78 is 85.3. The van der Waals surface area contributed by atoms with E-state index in [-0.39, 0.29) is 77.5 Å². The van der Waals surface area contributed by atoms with Gasteiger partial charge in [-0.3, -0.25) is 0 Å². The van der Waals surface area contributed by atoms with Crippen molar-refractivity contribution < 1.29 is 70.9 Å². The van der Waals surface area contributed by atoms with Crippen molar-refractivity contribution in [1.29, 1.82) is 0 Å². The predicted molar refractivity (Wildman–Crippen MR) is 372 cm³/mol. The summed E-state index contributed by atoms with van der Waals surface area (Å²) in [5.74, 6) is -2.80. The third kappa shape index (κ3) is 18.9. The van der Waals surface area contributed by atoms with Crippen LogP contribution in [0, 0.1) is 29.6 Å². The minimum absolute atomic E-state index is 0.0478. The highest BCUT2D eigenvalue weighted by Gasteiger charge is 2.57. The van der Waals surface area contributed by atoms with Gasteiger partial charge in [-0.1, -0.05) is 153 Å². The van der Waals surface area contributed by atoms with Crippen molar-refractivity contribution in [3.63, 3.8) is 0 Å². The van der Waals surface area contributed by atoms with Gasteiger partial charge in [-0.25, -0.2) is 4.79 Å². The van der Waals surface area contributed by atoms with Gasteiger partial charge in [0.2, 0.25) is 11.5 Å². The van der Waals surface area contributed by atoms with Gasteiger partial charge in [-0.15, -0.1) is 0 Å². The van der Waals surface area contributed by atoms with E-state index in [0.29, 0.717) is 44.7 Å². The van der Waals surface area contributed by atoms with E-state index in [2.05, 4.69) is 142 Å². The van der Waals surface area contributed by atoms with Crippen molar-refractivity contribution in [2.45, 2.75) is 258 Å². The molecule has 0 unspecified atom stereocenters. The summed E-state index contributed by atoms with van der Waals surface area (Å²) in [7, 11) is 1.69. The topological polar surface area (TPSA) is 157 Å². The standard InChI is InChI=1S/C76H118O15Si2/c1-21-83-72(78)71-70(87-74(13,14)88-71)54(8)45-66(82-20)68(77)65(81-19)43-52(6)41-51(5)42-58-47-60(84-49-56-35-38-59(79-17)39-36-56)50-85-76(58)48-67(86-75(15,16)91-76)55(9)69(90-92(22-2,23-3)24-4)53(7)44-57-37-40-63(64(46-57)80-18)89-93(73(10,11)12,61-31-27-25-28-32-61)62-33-29-26-30-34-62/h25-36,38-39,42,44,52,54-55,57-58,60,63-69,77H,21-24,37,40-41,43,45-50H2,1-20H3/b51-42+,53-44+/t52-,54+,55+,57-,58-,60+,63+,64+,65-,66-,67-,68+,69+,76+/m0/s1. The molecule has 1 spiro atoms. The number of aliphatic hydroxyl groups is 1. The van der Waals surface area contributed by atoms with Crippen LogP contribution in [-0.4, -0.2) is 136 Å². The van der Waals surface area contributed by atoms with Gasteiger partial charge in [-0.05, 0) is 148 Å². The first-order valence-electron chi connectivity index (χ1n) is 34.7. The summed E-state index contributed by atoms with van der Waals surface area (Å²) >= 11 is 0. The van der Waals surface area contributed by atoms with Crippen molar-refractivity contribution in [2.24, 2.45) is 29.6 Å². The van der Waals surface area contributed by atoms with E-state index in [4.69, 9.17) is 61.0 Å². The van der Waals surface area contributed by atoms with Gasteiger partial charge in [0.15, 0.2) is 25.7 Å². The average Bonchev–Trinajstić information content (AvgIpc) is 1.41. The third-order valence-corrected chi connectivity index (χ3v) is 30.0. The molecule has 7 rings (SSSR count). The maximum atomic E-state index is 13.0. The maximum Gasteiger partial charge on any atom is 0.377 e. The number of ether oxygens (including phenoxy) is 11. The Hall–Kier alpha value is -4.22. The fraction of sp³-hybridized carbons (Fsp3) is 0.671. The van der Waals surface area contributed by atoms with Gasteiger partial charge in [0.1, 0.15) is 11.9 Å². The Morgan fingerprint density at radius 1 is 0.763 bits per heavy atom. The van der Waals surface area contributed by atoms with Crippen LogP contribution in [-0.2, 0) is 67.6 Å². The van der Waals surface area contributed by atoms with Crippen LogP contribution in [0.3, 0.4) is 0 Å². The molecule has 520 valence electrons. The molecule has 1 N–H and O–H groups in total. The average molecular weight is 1330 g/mol. The fourth-order valence-electron chi connectivity index (χ4n) is 15.2. The Balaban J connectivity index is 1.15. The highest BCUT2D eigenvalue weighted by atomic mass is 28.4. The first-order chi connectivity index (χ1) is 44.1. The zero-order chi connectivity index (χ0) is 68.1. The molecule has 0 amide bonds. The second-order valence-corrected chi connectivity index (χ2v) is 38.1. The summed E-state index contributed by atoms with van der Waals surface area (Å²) in [5.41, 5.74) is 3.44. The van der Waals surface area contributed by atoms with Gasteiger partial charge >= 0.3 is 5.97 Å². The van der Waals surface area contributed by atoms with E-state index in [9.17, 15) is 9.90 Å². The first-order valence-corrected chi connectivity index (χ1v) is 39.2. The predicted octanol–water partition coefficient (Wildman–Crippen LogP) is 14.9.